The fourth-order valence-electron chi connectivity index (χ4n) is 2.03. The van der Waals surface area contributed by atoms with Crippen molar-refractivity contribution in [1.82, 2.24) is 0 Å². The molecule has 0 heterocycles. The van der Waals surface area contributed by atoms with Gasteiger partial charge in [-0.3, -0.25) is 0 Å². The summed E-state index contributed by atoms with van der Waals surface area (Å²) in [5, 5.41) is 7.11. The predicted octanol–water partition coefficient (Wildman–Crippen LogP) is 4.84. The van der Waals surface area contributed by atoms with E-state index >= 15 is 0 Å². The van der Waals surface area contributed by atoms with E-state index < -0.39 is 0 Å². The third kappa shape index (κ3) is 4.35. The van der Waals surface area contributed by atoms with Crippen molar-refractivity contribution in [1.29, 1.82) is 0 Å². The number of hydrogen-bond donors (Lipinski definition) is 2. The number of nitrogens with one attached hydrogen (secondary N) is 2. The molecule has 20 heavy (non-hydrogen) atoms. The van der Waals surface area contributed by atoms with Gasteiger partial charge in [0, 0.05) is 11.4 Å². The average Bonchev–Trinajstić information content (AvgIpc) is 2.47. The lowest BCUT2D eigenvalue weighted by Gasteiger charge is -2.14. The predicted molar refractivity (Wildman–Crippen MR) is 91.3 cm³/mol. The first kappa shape index (κ1) is 14.5. The van der Waals surface area contributed by atoms with Crippen molar-refractivity contribution in [3.05, 3.63) is 60.2 Å². The fraction of sp³-hybridized carbons (Fsp3) is 0.235. The first-order valence-corrected chi connectivity index (χ1v) is 7.41. The van der Waals surface area contributed by atoms with Crippen LogP contribution in [0.25, 0.3) is 0 Å². The summed E-state index contributed by atoms with van der Waals surface area (Å²) in [7, 11) is 0. The van der Waals surface area contributed by atoms with Gasteiger partial charge in [0.05, 0.1) is 0 Å². The molecule has 0 unspecified atom stereocenters. The second-order valence-electron chi connectivity index (χ2n) is 4.71. The molecule has 0 saturated carbocycles. The molecule has 0 bridgehead atoms. The molecular formula is C17H20N2S. The van der Waals surface area contributed by atoms with Crippen LogP contribution in [0.5, 0.6) is 0 Å². The van der Waals surface area contributed by atoms with Gasteiger partial charge in [-0.15, -0.1) is 0 Å². The monoisotopic (exact) mass is 284 g/mol. The quantitative estimate of drug-likeness (QED) is 0.768. The summed E-state index contributed by atoms with van der Waals surface area (Å²) in [5.74, 6) is 0. The van der Waals surface area contributed by atoms with Crippen molar-refractivity contribution >= 4 is 28.7 Å². The van der Waals surface area contributed by atoms with Crippen LogP contribution in [0.3, 0.4) is 0 Å². The van der Waals surface area contributed by atoms with Gasteiger partial charge in [-0.25, -0.2) is 0 Å². The molecule has 0 radical (unpaired) electrons. The minimum absolute atomic E-state index is 0.625. The Bertz CT molecular complexity index is 552. The third-order valence-electron chi connectivity index (χ3n) is 3.10. The average molecular weight is 284 g/mol. The van der Waals surface area contributed by atoms with Crippen LogP contribution in [0.1, 0.15) is 25.3 Å². The Morgan fingerprint density at radius 2 is 1.65 bits per heavy atom. The first-order valence-electron chi connectivity index (χ1n) is 7.00. The molecule has 104 valence electrons. The van der Waals surface area contributed by atoms with E-state index in [1.807, 2.05) is 36.4 Å². The highest BCUT2D eigenvalue weighted by Crippen LogP contribution is 2.18. The van der Waals surface area contributed by atoms with Crippen LogP contribution in [0.15, 0.2) is 54.6 Å². The standard InChI is InChI=1S/C17H20N2S/c1-2-3-9-14-10-7-8-13-16(14)19-17(20)18-15-11-5-4-6-12-15/h4-8,10-13H,2-3,9H2,1H3,(H2,18,19,20). The molecule has 0 amide bonds. The maximum absolute atomic E-state index is 5.37. The Labute approximate surface area is 126 Å². The molecule has 0 aliphatic heterocycles. The Balaban J connectivity index is 2.00. The summed E-state index contributed by atoms with van der Waals surface area (Å²) in [6.07, 6.45) is 3.46. The molecule has 0 aromatic heterocycles. The van der Waals surface area contributed by atoms with E-state index in [1.165, 1.54) is 18.4 Å². The van der Waals surface area contributed by atoms with Crippen LogP contribution < -0.4 is 10.6 Å². The molecule has 2 aromatic carbocycles. The molecule has 0 atom stereocenters. The van der Waals surface area contributed by atoms with Gasteiger partial charge in [0.1, 0.15) is 0 Å². The maximum atomic E-state index is 5.37. The number of aryl methyl sites for hydroxylation is 1. The van der Waals surface area contributed by atoms with Gasteiger partial charge in [0.25, 0.3) is 0 Å². The van der Waals surface area contributed by atoms with Crippen molar-refractivity contribution in [2.45, 2.75) is 26.2 Å². The Morgan fingerprint density at radius 1 is 0.950 bits per heavy atom. The number of benzene rings is 2. The summed E-state index contributed by atoms with van der Waals surface area (Å²) in [6.45, 7) is 2.21. The highest BCUT2D eigenvalue weighted by atomic mass is 32.1. The normalized spacial score (nSPS) is 10.1. The SMILES string of the molecule is CCCCc1ccccc1NC(=S)Nc1ccccc1. The van der Waals surface area contributed by atoms with E-state index in [-0.39, 0.29) is 0 Å². The van der Waals surface area contributed by atoms with E-state index in [9.17, 15) is 0 Å². The zero-order chi connectivity index (χ0) is 14.2. The number of unbranched alkanes of at least 4 members (excludes halogenated alkanes) is 1. The molecular weight excluding hydrogens is 264 g/mol. The molecule has 3 heteroatoms. The number of hydrogen-bond acceptors (Lipinski definition) is 1. The number of anilines is 2. The van der Waals surface area contributed by atoms with E-state index in [1.54, 1.807) is 0 Å². The highest BCUT2D eigenvalue weighted by Gasteiger charge is 2.03. The number of thiocarbonyl (C=S) groups is 1. The topological polar surface area (TPSA) is 24.1 Å². The summed E-state index contributed by atoms with van der Waals surface area (Å²) < 4.78 is 0. The largest absolute Gasteiger partial charge is 0.332 e. The van der Waals surface area contributed by atoms with Gasteiger partial charge in [-0.2, -0.15) is 0 Å². The lowest BCUT2D eigenvalue weighted by molar-refractivity contribution is 0.796. The summed E-state index contributed by atoms with van der Waals surface area (Å²) in [6, 6.07) is 18.3. The third-order valence-corrected chi connectivity index (χ3v) is 3.30. The van der Waals surface area contributed by atoms with Crippen LogP contribution in [-0.2, 0) is 6.42 Å². The van der Waals surface area contributed by atoms with Gasteiger partial charge < -0.3 is 10.6 Å². The van der Waals surface area contributed by atoms with Gasteiger partial charge in [-0.1, -0.05) is 49.7 Å². The molecule has 2 nitrogen and oxygen atoms in total. The molecule has 0 aliphatic rings. The van der Waals surface area contributed by atoms with Crippen LogP contribution >= 0.6 is 12.2 Å². The van der Waals surface area contributed by atoms with E-state index in [4.69, 9.17) is 12.2 Å². The van der Waals surface area contributed by atoms with Crippen molar-refractivity contribution in [2.75, 3.05) is 10.6 Å². The van der Waals surface area contributed by atoms with Gasteiger partial charge in [-0.05, 0) is 48.8 Å². The van der Waals surface area contributed by atoms with Crippen molar-refractivity contribution in [3.8, 4) is 0 Å². The van der Waals surface area contributed by atoms with E-state index in [0.29, 0.717) is 5.11 Å². The number of rotatable bonds is 5. The smallest absolute Gasteiger partial charge is 0.175 e. The van der Waals surface area contributed by atoms with Crippen LogP contribution in [0, 0.1) is 0 Å². The van der Waals surface area contributed by atoms with E-state index in [0.717, 1.165) is 17.8 Å². The molecule has 2 rings (SSSR count). The fourth-order valence-corrected chi connectivity index (χ4v) is 2.26. The van der Waals surface area contributed by atoms with Crippen LogP contribution in [0.4, 0.5) is 11.4 Å². The van der Waals surface area contributed by atoms with Crippen molar-refractivity contribution in [2.24, 2.45) is 0 Å². The maximum Gasteiger partial charge on any atom is 0.175 e. The molecule has 0 spiro atoms. The summed E-state index contributed by atoms with van der Waals surface area (Å²) >= 11 is 5.37. The molecule has 0 saturated heterocycles. The van der Waals surface area contributed by atoms with Crippen molar-refractivity contribution in [3.63, 3.8) is 0 Å². The molecule has 0 fully saturated rings. The zero-order valence-corrected chi connectivity index (χ0v) is 12.5. The Kier molecular flexibility index (Phi) is 5.56. The van der Waals surface area contributed by atoms with Gasteiger partial charge in [0.15, 0.2) is 5.11 Å². The Morgan fingerprint density at radius 3 is 2.40 bits per heavy atom. The summed E-state index contributed by atoms with van der Waals surface area (Å²) in [4.78, 5) is 0. The lowest BCUT2D eigenvalue weighted by atomic mass is 10.1. The molecule has 0 aliphatic carbocycles. The lowest BCUT2D eigenvalue weighted by Crippen LogP contribution is -2.19. The first-order chi connectivity index (χ1) is 9.79. The minimum atomic E-state index is 0.625. The number of para-hydroxylation sites is 2. The van der Waals surface area contributed by atoms with Crippen LogP contribution in [0.2, 0.25) is 0 Å². The van der Waals surface area contributed by atoms with Crippen molar-refractivity contribution < 1.29 is 0 Å². The molecule has 2 aromatic rings. The molecule has 2 N–H and O–H groups in total. The van der Waals surface area contributed by atoms with Crippen LogP contribution in [-0.4, -0.2) is 5.11 Å². The van der Waals surface area contributed by atoms with E-state index in [2.05, 4.69) is 35.8 Å². The second kappa shape index (κ2) is 7.65. The minimum Gasteiger partial charge on any atom is -0.332 e. The summed E-state index contributed by atoms with van der Waals surface area (Å²) in [5.41, 5.74) is 3.40. The highest BCUT2D eigenvalue weighted by molar-refractivity contribution is 7.80. The van der Waals surface area contributed by atoms with Gasteiger partial charge in [0.2, 0.25) is 0 Å². The zero-order valence-electron chi connectivity index (χ0n) is 11.7. The van der Waals surface area contributed by atoms with Gasteiger partial charge >= 0.3 is 0 Å². The Hall–Kier alpha value is -1.87. The second-order valence-corrected chi connectivity index (χ2v) is 5.11.